The number of sulfonamides is 1. The van der Waals surface area contributed by atoms with E-state index in [0.717, 1.165) is 6.07 Å². The first-order chi connectivity index (χ1) is 9.35. The molecule has 1 aromatic carbocycles. The molecule has 0 spiro atoms. The van der Waals surface area contributed by atoms with Gasteiger partial charge in [0.1, 0.15) is 0 Å². The first-order valence-corrected chi connectivity index (χ1v) is 7.77. The molecule has 0 unspecified atom stereocenters. The fraction of sp³-hybridized carbons (Fsp3) is 0.0909. The monoisotopic (exact) mass is 333 g/mol. The molecule has 0 radical (unpaired) electrons. The lowest BCUT2D eigenvalue weighted by Gasteiger charge is -2.08. The average Bonchev–Trinajstić information content (AvgIpc) is 2.33. The topological polar surface area (TPSA) is 91.9 Å². The van der Waals surface area contributed by atoms with Gasteiger partial charge in [-0.3, -0.25) is 9.52 Å². The van der Waals surface area contributed by atoms with Crippen molar-refractivity contribution in [3.63, 3.8) is 0 Å². The summed E-state index contributed by atoms with van der Waals surface area (Å²) in [6.07, 6.45) is 0. The zero-order chi connectivity index (χ0) is 14.8. The Kier molecular flexibility index (Phi) is 4.32. The third-order valence-corrected chi connectivity index (χ3v) is 4.04. The lowest BCUT2D eigenvalue weighted by molar-refractivity contribution is 0.600. The largest absolute Gasteiger partial charge is 0.280 e. The highest BCUT2D eigenvalue weighted by Crippen LogP contribution is 2.19. The summed E-state index contributed by atoms with van der Waals surface area (Å²) in [5.41, 5.74) is -0.119. The predicted molar refractivity (Wildman–Crippen MR) is 77.6 cm³/mol. The summed E-state index contributed by atoms with van der Waals surface area (Å²) in [4.78, 5) is 11.1. The fourth-order valence-corrected chi connectivity index (χ4v) is 3.10. The number of halogens is 2. The van der Waals surface area contributed by atoms with Crippen molar-refractivity contribution < 1.29 is 8.42 Å². The molecule has 0 amide bonds. The second-order valence-corrected chi connectivity index (χ2v) is 6.44. The Morgan fingerprint density at radius 3 is 2.70 bits per heavy atom. The van der Waals surface area contributed by atoms with Crippen LogP contribution in [0.15, 0.2) is 35.1 Å². The van der Waals surface area contributed by atoms with Gasteiger partial charge >= 0.3 is 0 Å². The van der Waals surface area contributed by atoms with Gasteiger partial charge in [-0.25, -0.2) is 13.5 Å². The maximum atomic E-state index is 12.0. The van der Waals surface area contributed by atoms with Crippen LogP contribution in [0.2, 0.25) is 10.2 Å². The van der Waals surface area contributed by atoms with Gasteiger partial charge < -0.3 is 0 Å². The van der Waals surface area contributed by atoms with E-state index in [9.17, 15) is 13.2 Å². The van der Waals surface area contributed by atoms with Crippen LogP contribution in [0.4, 0.5) is 5.69 Å². The average molecular weight is 334 g/mol. The molecule has 0 saturated heterocycles. The van der Waals surface area contributed by atoms with Gasteiger partial charge in [0.05, 0.1) is 11.4 Å². The van der Waals surface area contributed by atoms with Crippen LogP contribution in [0, 0.1) is 0 Å². The van der Waals surface area contributed by atoms with Crippen molar-refractivity contribution in [1.82, 2.24) is 10.2 Å². The Morgan fingerprint density at radius 1 is 1.25 bits per heavy atom. The van der Waals surface area contributed by atoms with Crippen molar-refractivity contribution >= 4 is 38.9 Å². The van der Waals surface area contributed by atoms with Crippen LogP contribution in [0.5, 0.6) is 0 Å². The number of aromatic nitrogens is 2. The summed E-state index contributed by atoms with van der Waals surface area (Å²) in [5, 5.41) is 5.86. The summed E-state index contributed by atoms with van der Waals surface area (Å²) in [7, 11) is -3.73. The highest BCUT2D eigenvalue weighted by atomic mass is 35.5. The summed E-state index contributed by atoms with van der Waals surface area (Å²) in [6, 6.07) is 7.48. The number of H-pyrrole nitrogens is 1. The summed E-state index contributed by atoms with van der Waals surface area (Å²) >= 11 is 11.5. The number of aromatic amines is 1. The number of hydrogen-bond acceptors (Lipinski definition) is 4. The van der Waals surface area contributed by atoms with Crippen LogP contribution in [-0.4, -0.2) is 18.6 Å². The second-order valence-electron chi connectivity index (χ2n) is 3.93. The summed E-state index contributed by atoms with van der Waals surface area (Å²) < 4.78 is 26.2. The molecule has 0 saturated carbocycles. The molecule has 0 atom stereocenters. The lowest BCUT2D eigenvalue weighted by Crippen LogP contribution is -2.18. The SMILES string of the molecule is O=c1cc(NS(=O)(=O)Cc2cccc(Cl)c2)c(Cl)n[nH]1. The zero-order valence-electron chi connectivity index (χ0n) is 9.93. The van der Waals surface area contributed by atoms with Gasteiger partial charge in [0, 0.05) is 11.1 Å². The van der Waals surface area contributed by atoms with Crippen molar-refractivity contribution in [3.05, 3.63) is 56.4 Å². The first kappa shape index (κ1) is 14.8. The Bertz CT molecular complexity index is 789. The number of rotatable bonds is 4. The summed E-state index contributed by atoms with van der Waals surface area (Å²) in [6.45, 7) is 0. The molecule has 2 N–H and O–H groups in total. The van der Waals surface area contributed by atoms with Crippen molar-refractivity contribution in [1.29, 1.82) is 0 Å². The van der Waals surface area contributed by atoms with Crippen molar-refractivity contribution in [2.45, 2.75) is 5.75 Å². The molecule has 20 heavy (non-hydrogen) atoms. The molecule has 1 aromatic heterocycles. The molecular weight excluding hydrogens is 325 g/mol. The van der Waals surface area contributed by atoms with Crippen LogP contribution in [0.3, 0.4) is 0 Å². The molecule has 106 valence electrons. The maximum absolute atomic E-state index is 12.0. The quantitative estimate of drug-likeness (QED) is 0.895. The van der Waals surface area contributed by atoms with Crippen LogP contribution in [-0.2, 0) is 15.8 Å². The van der Waals surface area contributed by atoms with Gasteiger partial charge in [0.2, 0.25) is 10.0 Å². The second kappa shape index (κ2) is 5.82. The molecule has 2 rings (SSSR count). The maximum Gasteiger partial charge on any atom is 0.266 e. The zero-order valence-corrected chi connectivity index (χ0v) is 12.3. The minimum Gasteiger partial charge on any atom is -0.280 e. The molecular formula is C11H9Cl2N3O3S. The third kappa shape index (κ3) is 3.96. The Hall–Kier alpha value is -1.57. The van der Waals surface area contributed by atoms with E-state index < -0.39 is 15.6 Å². The highest BCUT2D eigenvalue weighted by Gasteiger charge is 2.15. The minimum absolute atomic E-state index is 0.0718. The lowest BCUT2D eigenvalue weighted by atomic mass is 10.2. The van der Waals surface area contributed by atoms with E-state index in [1.807, 2.05) is 0 Å². The van der Waals surface area contributed by atoms with Crippen LogP contribution >= 0.6 is 23.2 Å². The van der Waals surface area contributed by atoms with Crippen LogP contribution in [0.25, 0.3) is 0 Å². The van der Waals surface area contributed by atoms with Gasteiger partial charge in [-0.2, -0.15) is 5.10 Å². The molecule has 0 aliphatic carbocycles. The van der Waals surface area contributed by atoms with E-state index in [1.165, 1.54) is 0 Å². The van der Waals surface area contributed by atoms with E-state index in [2.05, 4.69) is 14.9 Å². The third-order valence-electron chi connectivity index (χ3n) is 2.27. The minimum atomic E-state index is -3.73. The molecule has 2 aromatic rings. The number of hydrogen-bond donors (Lipinski definition) is 2. The molecule has 6 nitrogen and oxygen atoms in total. The molecule has 0 aliphatic rings. The number of benzene rings is 1. The Labute approximate surface area is 124 Å². The molecule has 1 heterocycles. The van der Waals surface area contributed by atoms with Gasteiger partial charge in [0.25, 0.3) is 5.56 Å². The normalized spacial score (nSPS) is 11.3. The van der Waals surface area contributed by atoms with Crippen molar-refractivity contribution in [2.75, 3.05) is 4.72 Å². The van der Waals surface area contributed by atoms with Gasteiger partial charge in [-0.05, 0) is 17.7 Å². The van der Waals surface area contributed by atoms with Gasteiger partial charge in [-0.1, -0.05) is 35.3 Å². The van der Waals surface area contributed by atoms with E-state index in [4.69, 9.17) is 23.2 Å². The molecule has 9 heteroatoms. The van der Waals surface area contributed by atoms with Crippen molar-refractivity contribution in [2.24, 2.45) is 0 Å². The number of anilines is 1. The molecule has 0 fully saturated rings. The van der Waals surface area contributed by atoms with E-state index in [0.29, 0.717) is 10.6 Å². The first-order valence-electron chi connectivity index (χ1n) is 5.36. The Balaban J connectivity index is 2.23. The van der Waals surface area contributed by atoms with Gasteiger partial charge in [0.15, 0.2) is 5.15 Å². The molecule has 0 aliphatic heterocycles. The Morgan fingerprint density at radius 2 is 2.00 bits per heavy atom. The van der Waals surface area contributed by atoms with E-state index in [1.54, 1.807) is 24.3 Å². The predicted octanol–water partition coefficient (Wildman–Crippen LogP) is 2.02. The van der Waals surface area contributed by atoms with Crippen LogP contribution in [0.1, 0.15) is 5.56 Å². The van der Waals surface area contributed by atoms with Crippen molar-refractivity contribution in [3.8, 4) is 0 Å². The van der Waals surface area contributed by atoms with Crippen LogP contribution < -0.4 is 10.3 Å². The highest BCUT2D eigenvalue weighted by molar-refractivity contribution is 7.91. The number of nitrogens with zero attached hydrogens (tertiary/aromatic N) is 1. The number of nitrogens with one attached hydrogen (secondary N) is 2. The fourth-order valence-electron chi connectivity index (χ4n) is 1.51. The standard InChI is InChI=1S/C11H9Cl2N3O3S/c12-8-3-1-2-7(4-8)6-20(18,19)16-9-5-10(17)14-15-11(9)13/h1-5H,6H2,(H2,14,16,17). The molecule has 0 bridgehead atoms. The smallest absolute Gasteiger partial charge is 0.266 e. The van der Waals surface area contributed by atoms with E-state index in [-0.39, 0.29) is 16.6 Å². The summed E-state index contributed by atoms with van der Waals surface area (Å²) in [5.74, 6) is -0.295. The van der Waals surface area contributed by atoms with E-state index >= 15 is 0 Å². The van der Waals surface area contributed by atoms with Gasteiger partial charge in [-0.15, -0.1) is 0 Å².